The summed E-state index contributed by atoms with van der Waals surface area (Å²) < 4.78 is 0. The molecule has 1 fully saturated rings. The van der Waals surface area contributed by atoms with E-state index in [9.17, 15) is 5.11 Å². The summed E-state index contributed by atoms with van der Waals surface area (Å²) in [4.78, 5) is 0. The van der Waals surface area contributed by atoms with Crippen molar-refractivity contribution in [2.75, 3.05) is 6.54 Å². The first-order chi connectivity index (χ1) is 5.99. The van der Waals surface area contributed by atoms with E-state index in [4.69, 9.17) is 5.73 Å². The summed E-state index contributed by atoms with van der Waals surface area (Å²) in [5.74, 6) is 1.63. The molecule has 0 amide bonds. The second-order valence-electron chi connectivity index (χ2n) is 4.94. The number of nitrogens with two attached hydrogens (primary N) is 1. The van der Waals surface area contributed by atoms with Gasteiger partial charge in [0.15, 0.2) is 0 Å². The predicted octanol–water partition coefficient (Wildman–Crippen LogP) is 1.77. The van der Waals surface area contributed by atoms with E-state index in [2.05, 4.69) is 20.8 Å². The highest BCUT2D eigenvalue weighted by atomic mass is 16.3. The highest BCUT2D eigenvalue weighted by Gasteiger charge is 2.39. The zero-order chi connectivity index (χ0) is 10.1. The van der Waals surface area contributed by atoms with E-state index < -0.39 is 5.60 Å². The lowest BCUT2D eigenvalue weighted by Gasteiger charge is -2.42. The van der Waals surface area contributed by atoms with Crippen molar-refractivity contribution in [2.24, 2.45) is 23.5 Å². The Morgan fingerprint density at radius 3 is 2.54 bits per heavy atom. The van der Waals surface area contributed by atoms with Crippen molar-refractivity contribution in [3.63, 3.8) is 0 Å². The summed E-state index contributed by atoms with van der Waals surface area (Å²) in [5, 5.41) is 10.3. The quantitative estimate of drug-likeness (QED) is 0.688. The summed E-state index contributed by atoms with van der Waals surface area (Å²) in [5.41, 5.74) is 5.12. The first-order valence-corrected chi connectivity index (χ1v) is 5.42. The van der Waals surface area contributed by atoms with E-state index in [1.54, 1.807) is 0 Å². The average Bonchev–Trinajstić information content (AvgIpc) is 2.11. The van der Waals surface area contributed by atoms with Gasteiger partial charge in [-0.3, -0.25) is 0 Å². The fraction of sp³-hybridized carbons (Fsp3) is 1.00. The van der Waals surface area contributed by atoms with Gasteiger partial charge in [-0.15, -0.1) is 0 Å². The lowest BCUT2D eigenvalue weighted by atomic mass is 9.68. The van der Waals surface area contributed by atoms with E-state index in [-0.39, 0.29) is 5.92 Å². The number of hydrogen-bond acceptors (Lipinski definition) is 2. The van der Waals surface area contributed by atoms with Crippen molar-refractivity contribution < 1.29 is 5.11 Å². The first kappa shape index (κ1) is 11.0. The molecule has 1 saturated carbocycles. The SMILES string of the molecule is CC1CCC(O)(C(C)CN)CC1C. The number of hydrogen-bond donors (Lipinski definition) is 2. The fourth-order valence-corrected chi connectivity index (χ4v) is 2.29. The minimum absolute atomic E-state index is 0.238. The van der Waals surface area contributed by atoms with Crippen LogP contribution >= 0.6 is 0 Å². The van der Waals surface area contributed by atoms with Crippen LogP contribution in [-0.4, -0.2) is 17.3 Å². The van der Waals surface area contributed by atoms with Crippen molar-refractivity contribution in [3.05, 3.63) is 0 Å². The summed E-state index contributed by atoms with van der Waals surface area (Å²) in [7, 11) is 0. The van der Waals surface area contributed by atoms with Gasteiger partial charge in [-0.25, -0.2) is 0 Å². The molecule has 0 heterocycles. The molecule has 2 heteroatoms. The maximum absolute atomic E-state index is 10.3. The van der Waals surface area contributed by atoms with Gasteiger partial charge in [0.05, 0.1) is 5.60 Å². The molecule has 0 radical (unpaired) electrons. The van der Waals surface area contributed by atoms with Gasteiger partial charge in [0.25, 0.3) is 0 Å². The third-order valence-corrected chi connectivity index (χ3v) is 3.95. The van der Waals surface area contributed by atoms with Gasteiger partial charge < -0.3 is 10.8 Å². The Kier molecular flexibility index (Phi) is 3.36. The van der Waals surface area contributed by atoms with Gasteiger partial charge >= 0.3 is 0 Å². The molecule has 0 saturated heterocycles. The molecule has 0 aliphatic heterocycles. The van der Waals surface area contributed by atoms with Gasteiger partial charge in [-0.1, -0.05) is 20.8 Å². The Bertz CT molecular complexity index is 171. The van der Waals surface area contributed by atoms with E-state index in [1.165, 1.54) is 0 Å². The van der Waals surface area contributed by atoms with Crippen LogP contribution in [0.1, 0.15) is 40.0 Å². The third kappa shape index (κ3) is 2.23. The zero-order valence-corrected chi connectivity index (χ0v) is 9.09. The van der Waals surface area contributed by atoms with Crippen LogP contribution in [0.4, 0.5) is 0 Å². The molecule has 0 spiro atoms. The molecule has 1 rings (SSSR count). The molecule has 13 heavy (non-hydrogen) atoms. The molecule has 1 aliphatic rings. The maximum Gasteiger partial charge on any atom is 0.0688 e. The second-order valence-corrected chi connectivity index (χ2v) is 4.94. The van der Waals surface area contributed by atoms with Crippen LogP contribution in [0.3, 0.4) is 0 Å². The Morgan fingerprint density at radius 2 is 2.08 bits per heavy atom. The fourth-order valence-electron chi connectivity index (χ4n) is 2.29. The van der Waals surface area contributed by atoms with Crippen LogP contribution in [-0.2, 0) is 0 Å². The largest absolute Gasteiger partial charge is 0.390 e. The first-order valence-electron chi connectivity index (χ1n) is 5.42. The summed E-state index contributed by atoms with van der Waals surface area (Å²) >= 11 is 0. The van der Waals surface area contributed by atoms with Gasteiger partial charge in [-0.2, -0.15) is 0 Å². The molecular formula is C11H23NO. The minimum Gasteiger partial charge on any atom is -0.390 e. The molecule has 1 aliphatic carbocycles. The topological polar surface area (TPSA) is 46.2 Å². The molecule has 4 unspecified atom stereocenters. The summed E-state index contributed by atoms with van der Waals surface area (Å²) in [6.07, 6.45) is 2.99. The van der Waals surface area contributed by atoms with Crippen molar-refractivity contribution in [1.82, 2.24) is 0 Å². The minimum atomic E-state index is -0.485. The van der Waals surface area contributed by atoms with Crippen molar-refractivity contribution in [1.29, 1.82) is 0 Å². The second kappa shape index (κ2) is 3.97. The van der Waals surface area contributed by atoms with Gasteiger partial charge in [0, 0.05) is 0 Å². The highest BCUT2D eigenvalue weighted by Crippen LogP contribution is 2.39. The number of rotatable bonds is 2. The Balaban J connectivity index is 2.61. The highest BCUT2D eigenvalue weighted by molar-refractivity contribution is 4.91. The lowest BCUT2D eigenvalue weighted by Crippen LogP contribution is -2.45. The molecule has 0 aromatic rings. The predicted molar refractivity (Wildman–Crippen MR) is 55.3 cm³/mol. The van der Waals surface area contributed by atoms with Crippen LogP contribution in [0.5, 0.6) is 0 Å². The molecule has 0 aromatic carbocycles. The summed E-state index contributed by atoms with van der Waals surface area (Å²) in [6, 6.07) is 0. The van der Waals surface area contributed by atoms with Crippen LogP contribution in [0.2, 0.25) is 0 Å². The molecule has 0 aromatic heterocycles. The van der Waals surface area contributed by atoms with E-state index in [0.29, 0.717) is 12.5 Å². The van der Waals surface area contributed by atoms with E-state index in [1.807, 2.05) is 0 Å². The molecule has 4 atom stereocenters. The molecule has 78 valence electrons. The Labute approximate surface area is 81.5 Å². The lowest BCUT2D eigenvalue weighted by molar-refractivity contribution is -0.0666. The van der Waals surface area contributed by atoms with Crippen LogP contribution in [0, 0.1) is 17.8 Å². The standard InChI is InChI=1S/C11H23NO/c1-8-4-5-11(13,6-9(8)2)10(3)7-12/h8-10,13H,4-7,12H2,1-3H3. The van der Waals surface area contributed by atoms with E-state index in [0.717, 1.165) is 25.2 Å². The van der Waals surface area contributed by atoms with Gasteiger partial charge in [0.1, 0.15) is 0 Å². The third-order valence-electron chi connectivity index (χ3n) is 3.95. The van der Waals surface area contributed by atoms with Crippen LogP contribution in [0.25, 0.3) is 0 Å². The smallest absolute Gasteiger partial charge is 0.0688 e. The molecule has 3 N–H and O–H groups in total. The molecule has 2 nitrogen and oxygen atoms in total. The van der Waals surface area contributed by atoms with Crippen molar-refractivity contribution in [3.8, 4) is 0 Å². The normalized spacial score (nSPS) is 43.2. The van der Waals surface area contributed by atoms with E-state index >= 15 is 0 Å². The number of aliphatic hydroxyl groups is 1. The maximum atomic E-state index is 10.3. The monoisotopic (exact) mass is 185 g/mol. The summed E-state index contributed by atoms with van der Waals surface area (Å²) in [6.45, 7) is 7.16. The molecular weight excluding hydrogens is 162 g/mol. The van der Waals surface area contributed by atoms with Crippen LogP contribution in [0.15, 0.2) is 0 Å². The molecule has 0 bridgehead atoms. The van der Waals surface area contributed by atoms with Gasteiger partial charge in [0.2, 0.25) is 0 Å². The zero-order valence-electron chi connectivity index (χ0n) is 9.09. The van der Waals surface area contributed by atoms with Crippen molar-refractivity contribution >= 4 is 0 Å². The Hall–Kier alpha value is -0.0800. The van der Waals surface area contributed by atoms with Crippen molar-refractivity contribution in [2.45, 2.75) is 45.6 Å². The average molecular weight is 185 g/mol. The van der Waals surface area contributed by atoms with Gasteiger partial charge in [-0.05, 0) is 43.6 Å². The Morgan fingerprint density at radius 1 is 1.46 bits per heavy atom. The van der Waals surface area contributed by atoms with Crippen LogP contribution < -0.4 is 5.73 Å².